The fraction of sp³-hybridized carbons (Fsp3) is 1.00. The third-order valence-electron chi connectivity index (χ3n) is 3.51. The van der Waals surface area contributed by atoms with Crippen LogP contribution in [0.5, 0.6) is 0 Å². The standard InChI is InChI=1S/C14H31N3/c1-13-10-14(2)12-17(11-13)9-7-15-6-5-8-16(3)4/h13-15H,5-12H2,1-4H3. The lowest BCUT2D eigenvalue weighted by molar-refractivity contribution is 0.142. The number of nitrogens with zero attached hydrogens (tertiary/aromatic N) is 2. The molecule has 1 rings (SSSR count). The lowest BCUT2D eigenvalue weighted by atomic mass is 9.92. The predicted molar refractivity (Wildman–Crippen MR) is 75.4 cm³/mol. The molecule has 17 heavy (non-hydrogen) atoms. The fourth-order valence-electron chi connectivity index (χ4n) is 2.86. The Kier molecular flexibility index (Phi) is 7.09. The zero-order valence-corrected chi connectivity index (χ0v) is 12.2. The summed E-state index contributed by atoms with van der Waals surface area (Å²) in [4.78, 5) is 4.87. The Morgan fingerprint density at radius 3 is 2.35 bits per heavy atom. The highest BCUT2D eigenvalue weighted by atomic mass is 15.1. The third-order valence-corrected chi connectivity index (χ3v) is 3.51. The molecule has 1 saturated heterocycles. The van der Waals surface area contributed by atoms with E-state index in [1.165, 1.54) is 39.0 Å². The van der Waals surface area contributed by atoms with Gasteiger partial charge in [0.1, 0.15) is 0 Å². The summed E-state index contributed by atoms with van der Waals surface area (Å²) in [5, 5.41) is 3.55. The van der Waals surface area contributed by atoms with Gasteiger partial charge in [0, 0.05) is 26.2 Å². The lowest BCUT2D eigenvalue weighted by Gasteiger charge is -2.34. The Bertz CT molecular complexity index is 184. The minimum absolute atomic E-state index is 0.882. The van der Waals surface area contributed by atoms with Gasteiger partial charge in [-0.3, -0.25) is 0 Å². The lowest BCUT2D eigenvalue weighted by Crippen LogP contribution is -2.42. The first kappa shape index (κ1) is 14.9. The van der Waals surface area contributed by atoms with E-state index in [0.717, 1.165) is 24.9 Å². The van der Waals surface area contributed by atoms with E-state index in [-0.39, 0.29) is 0 Å². The van der Waals surface area contributed by atoms with E-state index in [0.29, 0.717) is 0 Å². The van der Waals surface area contributed by atoms with Gasteiger partial charge in [0.05, 0.1) is 0 Å². The Balaban J connectivity index is 1.98. The molecule has 1 aliphatic heterocycles. The van der Waals surface area contributed by atoms with E-state index in [1.54, 1.807) is 0 Å². The van der Waals surface area contributed by atoms with E-state index in [2.05, 4.69) is 43.1 Å². The first-order chi connectivity index (χ1) is 8.08. The van der Waals surface area contributed by atoms with Gasteiger partial charge in [0.25, 0.3) is 0 Å². The molecule has 2 unspecified atom stereocenters. The molecule has 3 heteroatoms. The van der Waals surface area contributed by atoms with Gasteiger partial charge >= 0.3 is 0 Å². The molecule has 1 N–H and O–H groups in total. The van der Waals surface area contributed by atoms with E-state index in [9.17, 15) is 0 Å². The van der Waals surface area contributed by atoms with Crippen LogP contribution in [0.4, 0.5) is 0 Å². The third kappa shape index (κ3) is 7.02. The van der Waals surface area contributed by atoms with Crippen molar-refractivity contribution in [1.82, 2.24) is 15.1 Å². The summed E-state index contributed by atoms with van der Waals surface area (Å²) in [6.07, 6.45) is 2.66. The van der Waals surface area contributed by atoms with Crippen LogP contribution in [0.15, 0.2) is 0 Å². The smallest absolute Gasteiger partial charge is 0.0107 e. The maximum Gasteiger partial charge on any atom is 0.0107 e. The van der Waals surface area contributed by atoms with Gasteiger partial charge < -0.3 is 15.1 Å². The molecule has 1 aliphatic rings. The molecule has 1 fully saturated rings. The fourth-order valence-corrected chi connectivity index (χ4v) is 2.86. The van der Waals surface area contributed by atoms with Crippen molar-refractivity contribution >= 4 is 0 Å². The summed E-state index contributed by atoms with van der Waals surface area (Å²) in [6.45, 7) is 12.1. The minimum atomic E-state index is 0.882. The second kappa shape index (κ2) is 8.06. The Hall–Kier alpha value is -0.120. The van der Waals surface area contributed by atoms with Crippen LogP contribution in [0.25, 0.3) is 0 Å². The summed E-state index contributed by atoms with van der Waals surface area (Å²) in [7, 11) is 4.27. The SMILES string of the molecule is CC1CC(C)CN(CCNCCCN(C)C)C1. The number of nitrogens with one attached hydrogen (secondary N) is 1. The van der Waals surface area contributed by atoms with Gasteiger partial charge in [-0.1, -0.05) is 13.8 Å². The van der Waals surface area contributed by atoms with Crippen molar-refractivity contribution in [3.8, 4) is 0 Å². The van der Waals surface area contributed by atoms with Crippen molar-refractivity contribution in [3.63, 3.8) is 0 Å². The van der Waals surface area contributed by atoms with Crippen molar-refractivity contribution in [2.24, 2.45) is 11.8 Å². The highest BCUT2D eigenvalue weighted by Crippen LogP contribution is 2.20. The average Bonchev–Trinajstić information content (AvgIpc) is 2.21. The Morgan fingerprint density at radius 1 is 1.12 bits per heavy atom. The Morgan fingerprint density at radius 2 is 1.76 bits per heavy atom. The predicted octanol–water partition coefficient (Wildman–Crippen LogP) is 1.51. The molecule has 0 saturated carbocycles. The zero-order chi connectivity index (χ0) is 12.7. The zero-order valence-electron chi connectivity index (χ0n) is 12.2. The van der Waals surface area contributed by atoms with E-state index in [1.807, 2.05) is 0 Å². The normalized spacial score (nSPS) is 26.6. The van der Waals surface area contributed by atoms with Gasteiger partial charge in [-0.15, -0.1) is 0 Å². The summed E-state index contributed by atoms with van der Waals surface area (Å²) in [5.74, 6) is 1.76. The molecular weight excluding hydrogens is 210 g/mol. The van der Waals surface area contributed by atoms with Gasteiger partial charge in [-0.25, -0.2) is 0 Å². The van der Waals surface area contributed by atoms with Crippen LogP contribution in [-0.2, 0) is 0 Å². The molecular formula is C14H31N3. The van der Waals surface area contributed by atoms with Crippen LogP contribution >= 0.6 is 0 Å². The van der Waals surface area contributed by atoms with Gasteiger partial charge in [-0.05, 0) is 51.9 Å². The van der Waals surface area contributed by atoms with Crippen molar-refractivity contribution in [2.75, 3.05) is 53.4 Å². The van der Waals surface area contributed by atoms with Crippen LogP contribution in [0.3, 0.4) is 0 Å². The quantitative estimate of drug-likeness (QED) is 0.682. The van der Waals surface area contributed by atoms with Crippen molar-refractivity contribution < 1.29 is 0 Å². The van der Waals surface area contributed by atoms with Crippen molar-refractivity contribution in [2.45, 2.75) is 26.7 Å². The summed E-state index contributed by atoms with van der Waals surface area (Å²) < 4.78 is 0. The number of hydrogen-bond donors (Lipinski definition) is 1. The van der Waals surface area contributed by atoms with Gasteiger partial charge in [0.15, 0.2) is 0 Å². The first-order valence-corrected chi connectivity index (χ1v) is 7.15. The van der Waals surface area contributed by atoms with Crippen LogP contribution in [0.2, 0.25) is 0 Å². The van der Waals surface area contributed by atoms with E-state index in [4.69, 9.17) is 0 Å². The largest absolute Gasteiger partial charge is 0.315 e. The molecule has 1 heterocycles. The number of likely N-dealkylation sites (tertiary alicyclic amines) is 1. The number of hydrogen-bond acceptors (Lipinski definition) is 3. The van der Waals surface area contributed by atoms with Crippen molar-refractivity contribution in [3.05, 3.63) is 0 Å². The maximum atomic E-state index is 3.55. The Labute approximate surface area is 108 Å². The first-order valence-electron chi connectivity index (χ1n) is 7.15. The van der Waals surface area contributed by atoms with E-state index < -0.39 is 0 Å². The monoisotopic (exact) mass is 241 g/mol. The molecule has 102 valence electrons. The summed E-state index contributed by atoms with van der Waals surface area (Å²) >= 11 is 0. The van der Waals surface area contributed by atoms with Crippen LogP contribution in [-0.4, -0.2) is 63.2 Å². The molecule has 0 amide bonds. The topological polar surface area (TPSA) is 18.5 Å². The van der Waals surface area contributed by atoms with Crippen LogP contribution in [0.1, 0.15) is 26.7 Å². The second-order valence-corrected chi connectivity index (χ2v) is 6.11. The molecule has 0 bridgehead atoms. The second-order valence-electron chi connectivity index (χ2n) is 6.11. The van der Waals surface area contributed by atoms with Gasteiger partial charge in [0.2, 0.25) is 0 Å². The highest BCUT2D eigenvalue weighted by Gasteiger charge is 2.20. The minimum Gasteiger partial charge on any atom is -0.315 e. The molecule has 3 nitrogen and oxygen atoms in total. The van der Waals surface area contributed by atoms with E-state index >= 15 is 0 Å². The van der Waals surface area contributed by atoms with Gasteiger partial charge in [-0.2, -0.15) is 0 Å². The molecule has 0 radical (unpaired) electrons. The number of piperidine rings is 1. The molecule has 2 atom stereocenters. The average molecular weight is 241 g/mol. The summed E-state index contributed by atoms with van der Waals surface area (Å²) in [5.41, 5.74) is 0. The number of rotatable bonds is 7. The maximum absolute atomic E-state index is 3.55. The highest BCUT2D eigenvalue weighted by molar-refractivity contribution is 4.74. The molecule has 0 spiro atoms. The van der Waals surface area contributed by atoms with Crippen molar-refractivity contribution in [1.29, 1.82) is 0 Å². The molecule has 0 aromatic carbocycles. The molecule has 0 aromatic heterocycles. The molecule has 0 aliphatic carbocycles. The van der Waals surface area contributed by atoms with Crippen LogP contribution in [0, 0.1) is 11.8 Å². The summed E-state index contributed by atoms with van der Waals surface area (Å²) in [6, 6.07) is 0. The van der Waals surface area contributed by atoms with Crippen LogP contribution < -0.4 is 5.32 Å². The molecule has 0 aromatic rings.